The van der Waals surface area contributed by atoms with Gasteiger partial charge in [-0.05, 0) is 62.1 Å². The normalized spacial score (nSPS) is 11.7. The Morgan fingerprint density at radius 1 is 1.44 bits per heavy atom. The van der Waals surface area contributed by atoms with Gasteiger partial charge in [0.25, 0.3) is 0 Å². The van der Waals surface area contributed by atoms with Crippen molar-refractivity contribution >= 4 is 43.5 Å². The molecule has 2 N–H and O–H groups in total. The van der Waals surface area contributed by atoms with Gasteiger partial charge < -0.3 is 10.5 Å². The van der Waals surface area contributed by atoms with Crippen molar-refractivity contribution in [1.29, 1.82) is 0 Å². The van der Waals surface area contributed by atoms with E-state index < -0.39 is 0 Å². The molecule has 0 bridgehead atoms. The number of benzene rings is 1. The molecule has 0 fully saturated rings. The van der Waals surface area contributed by atoms with Gasteiger partial charge in [-0.25, -0.2) is 0 Å². The molecule has 0 aromatic heterocycles. The second-order valence-electron chi connectivity index (χ2n) is 3.34. The zero-order valence-electron chi connectivity index (χ0n) is 8.77. The van der Waals surface area contributed by atoms with E-state index in [1.54, 1.807) is 0 Å². The number of halogens is 3. The highest BCUT2D eigenvalue weighted by Gasteiger charge is 2.08. The summed E-state index contributed by atoms with van der Waals surface area (Å²) in [5.74, 6) is 0.759. The molecule has 1 rings (SSSR count). The fourth-order valence-corrected chi connectivity index (χ4v) is 2.66. The maximum Gasteiger partial charge on any atom is 0.148 e. The van der Waals surface area contributed by atoms with E-state index in [1.165, 1.54) is 5.54 Å². The van der Waals surface area contributed by atoms with Crippen molar-refractivity contribution in [2.75, 3.05) is 6.61 Å². The van der Waals surface area contributed by atoms with E-state index in [-0.39, 0.29) is 0 Å². The summed E-state index contributed by atoms with van der Waals surface area (Å²) in [4.78, 5) is 0. The van der Waals surface area contributed by atoms with Crippen LogP contribution in [0.5, 0.6) is 5.75 Å². The van der Waals surface area contributed by atoms with Crippen molar-refractivity contribution < 1.29 is 4.74 Å². The predicted octanol–water partition coefficient (Wildman–Crippen LogP) is 4.19. The Morgan fingerprint density at radius 3 is 2.44 bits per heavy atom. The molecule has 1 aromatic carbocycles. The number of hydrogen-bond acceptors (Lipinski definition) is 2. The fourth-order valence-electron chi connectivity index (χ4n) is 1.09. The van der Waals surface area contributed by atoms with Crippen LogP contribution in [0.1, 0.15) is 12.5 Å². The van der Waals surface area contributed by atoms with Crippen LogP contribution in [0.3, 0.4) is 0 Å². The lowest BCUT2D eigenvalue weighted by Crippen LogP contribution is -2.02. The smallest absolute Gasteiger partial charge is 0.148 e. The molecule has 0 amide bonds. The lowest BCUT2D eigenvalue weighted by Gasteiger charge is -2.11. The Morgan fingerprint density at radius 2 is 2.00 bits per heavy atom. The van der Waals surface area contributed by atoms with Crippen LogP contribution in [-0.4, -0.2) is 6.61 Å². The Labute approximate surface area is 117 Å². The van der Waals surface area contributed by atoms with Crippen LogP contribution in [0.2, 0.25) is 0 Å². The highest BCUT2D eigenvalue weighted by molar-refractivity contribution is 9.11. The molecular weight excluding hydrogens is 357 g/mol. The van der Waals surface area contributed by atoms with Gasteiger partial charge in [0, 0.05) is 12.1 Å². The Kier molecular flexibility index (Phi) is 5.83. The second-order valence-corrected chi connectivity index (χ2v) is 5.26. The predicted molar refractivity (Wildman–Crippen MR) is 74.8 cm³/mol. The van der Waals surface area contributed by atoms with Gasteiger partial charge in [-0.3, -0.25) is 0 Å². The van der Waals surface area contributed by atoms with Gasteiger partial charge >= 0.3 is 0 Å². The minimum Gasteiger partial charge on any atom is -0.487 e. The van der Waals surface area contributed by atoms with E-state index in [1.807, 2.05) is 19.1 Å². The molecule has 0 atom stereocenters. The van der Waals surface area contributed by atoms with Crippen LogP contribution >= 0.6 is 43.5 Å². The van der Waals surface area contributed by atoms with Gasteiger partial charge in [-0.1, -0.05) is 11.6 Å². The molecule has 16 heavy (non-hydrogen) atoms. The Balaban J connectivity index is 2.88. The summed E-state index contributed by atoms with van der Waals surface area (Å²) in [7, 11) is 0. The van der Waals surface area contributed by atoms with Gasteiger partial charge in [-0.2, -0.15) is 0 Å². The van der Waals surface area contributed by atoms with Gasteiger partial charge in [0.05, 0.1) is 8.95 Å². The standard InChI is InChI=1S/C11H12Br2ClNO/c1-7(4-14)6-16-11-9(12)2-8(5-15)3-10(11)13/h2-4H,5-6,15H2,1H3. The quantitative estimate of drug-likeness (QED) is 0.864. The summed E-state index contributed by atoms with van der Waals surface area (Å²) in [5, 5.41) is 0. The Bertz CT molecular complexity index is 384. The molecule has 0 aliphatic rings. The average molecular weight is 369 g/mol. The van der Waals surface area contributed by atoms with Gasteiger partial charge in [0.15, 0.2) is 0 Å². The molecule has 1 aromatic rings. The number of rotatable bonds is 4. The molecule has 0 heterocycles. The third-order valence-corrected chi connectivity index (χ3v) is 3.47. The van der Waals surface area contributed by atoms with Crippen molar-refractivity contribution in [3.05, 3.63) is 37.7 Å². The summed E-state index contributed by atoms with van der Waals surface area (Å²) in [6.07, 6.45) is 0. The zero-order valence-corrected chi connectivity index (χ0v) is 12.7. The van der Waals surface area contributed by atoms with Crippen LogP contribution in [0.25, 0.3) is 0 Å². The van der Waals surface area contributed by atoms with Crippen LogP contribution in [0, 0.1) is 0 Å². The van der Waals surface area contributed by atoms with E-state index in [4.69, 9.17) is 22.1 Å². The van der Waals surface area contributed by atoms with E-state index in [9.17, 15) is 0 Å². The first-order chi connectivity index (χ1) is 7.58. The van der Waals surface area contributed by atoms with Gasteiger partial charge in [0.1, 0.15) is 12.4 Å². The average Bonchev–Trinajstić information content (AvgIpc) is 2.27. The molecule has 88 valence electrons. The lowest BCUT2D eigenvalue weighted by atomic mass is 10.2. The SMILES string of the molecule is CC(=CCl)COc1c(Br)cc(CN)cc1Br. The molecule has 0 spiro atoms. The fraction of sp³-hybridized carbons (Fsp3) is 0.273. The topological polar surface area (TPSA) is 35.2 Å². The van der Waals surface area contributed by atoms with Crippen molar-refractivity contribution in [3.8, 4) is 5.75 Å². The van der Waals surface area contributed by atoms with Crippen molar-refractivity contribution in [3.63, 3.8) is 0 Å². The molecule has 5 heteroatoms. The van der Waals surface area contributed by atoms with E-state index in [2.05, 4.69) is 31.9 Å². The van der Waals surface area contributed by atoms with E-state index in [0.717, 1.165) is 25.8 Å². The van der Waals surface area contributed by atoms with Crippen molar-refractivity contribution in [2.24, 2.45) is 5.73 Å². The Hall–Kier alpha value is -0.0300. The molecule has 0 aliphatic carbocycles. The summed E-state index contributed by atoms with van der Waals surface area (Å²) >= 11 is 12.5. The van der Waals surface area contributed by atoms with Crippen molar-refractivity contribution in [2.45, 2.75) is 13.5 Å². The number of hydrogen-bond donors (Lipinski definition) is 1. The molecule has 0 saturated heterocycles. The summed E-state index contributed by atoms with van der Waals surface area (Å²) in [6, 6.07) is 3.89. The molecule has 0 aliphatic heterocycles. The highest BCUT2D eigenvalue weighted by Crippen LogP contribution is 2.34. The molecular formula is C11H12Br2ClNO. The first kappa shape index (κ1) is 14.0. The summed E-state index contributed by atoms with van der Waals surface area (Å²) in [5.41, 5.74) is 9.08. The van der Waals surface area contributed by atoms with Crippen LogP contribution in [0.15, 0.2) is 32.2 Å². The molecule has 2 nitrogen and oxygen atoms in total. The monoisotopic (exact) mass is 367 g/mol. The molecule has 0 saturated carbocycles. The minimum absolute atomic E-state index is 0.461. The lowest BCUT2D eigenvalue weighted by molar-refractivity contribution is 0.348. The minimum atomic E-state index is 0.461. The third kappa shape index (κ3) is 3.77. The first-order valence-electron chi connectivity index (χ1n) is 4.65. The number of ether oxygens (including phenoxy) is 1. The summed E-state index contributed by atoms with van der Waals surface area (Å²) < 4.78 is 7.39. The largest absolute Gasteiger partial charge is 0.487 e. The third-order valence-electron chi connectivity index (χ3n) is 1.92. The van der Waals surface area contributed by atoms with Gasteiger partial charge in [-0.15, -0.1) is 0 Å². The number of nitrogens with two attached hydrogens (primary N) is 1. The maximum atomic E-state index is 5.63. The van der Waals surface area contributed by atoms with Crippen LogP contribution < -0.4 is 10.5 Å². The van der Waals surface area contributed by atoms with Gasteiger partial charge in [0.2, 0.25) is 0 Å². The van der Waals surface area contributed by atoms with E-state index >= 15 is 0 Å². The maximum absolute atomic E-state index is 5.63. The highest BCUT2D eigenvalue weighted by atomic mass is 79.9. The van der Waals surface area contributed by atoms with Crippen LogP contribution in [-0.2, 0) is 6.54 Å². The zero-order chi connectivity index (χ0) is 12.1. The van der Waals surface area contributed by atoms with Crippen LogP contribution in [0.4, 0.5) is 0 Å². The summed E-state index contributed by atoms with van der Waals surface area (Å²) in [6.45, 7) is 2.86. The van der Waals surface area contributed by atoms with E-state index in [0.29, 0.717) is 13.2 Å². The molecule has 0 radical (unpaired) electrons. The molecule has 0 unspecified atom stereocenters. The van der Waals surface area contributed by atoms with Crippen molar-refractivity contribution in [1.82, 2.24) is 0 Å². The second kappa shape index (κ2) is 6.64. The first-order valence-corrected chi connectivity index (χ1v) is 6.67.